The SMILES string of the molecule is CC(C)c1ccccc1NC(=O)Nc1sccc1C(=O)O. The van der Waals surface area contributed by atoms with Crippen LogP contribution in [0, 0.1) is 0 Å². The third-order valence-electron chi connectivity index (χ3n) is 2.95. The Morgan fingerprint density at radius 2 is 1.86 bits per heavy atom. The normalized spacial score (nSPS) is 10.4. The van der Waals surface area contributed by atoms with Crippen molar-refractivity contribution in [3.8, 4) is 0 Å². The number of aromatic carboxylic acids is 1. The molecule has 0 bridgehead atoms. The number of carboxylic acids is 1. The average Bonchev–Trinajstić information content (AvgIpc) is 2.87. The Bertz CT molecular complexity index is 664. The Morgan fingerprint density at radius 1 is 1.14 bits per heavy atom. The summed E-state index contributed by atoms with van der Waals surface area (Å²) < 4.78 is 0. The van der Waals surface area contributed by atoms with Gasteiger partial charge in [0.25, 0.3) is 0 Å². The van der Waals surface area contributed by atoms with Crippen molar-refractivity contribution in [3.05, 3.63) is 46.8 Å². The maximum Gasteiger partial charge on any atom is 0.338 e. The lowest BCUT2D eigenvalue weighted by Crippen LogP contribution is -2.21. The fraction of sp³-hybridized carbons (Fsp3) is 0.200. The van der Waals surface area contributed by atoms with Gasteiger partial charge in [0.1, 0.15) is 5.00 Å². The van der Waals surface area contributed by atoms with Crippen LogP contribution in [0.4, 0.5) is 15.5 Å². The molecule has 0 spiro atoms. The maximum atomic E-state index is 12.0. The first-order valence-electron chi connectivity index (χ1n) is 6.46. The minimum Gasteiger partial charge on any atom is -0.478 e. The van der Waals surface area contributed by atoms with E-state index in [1.165, 1.54) is 17.4 Å². The van der Waals surface area contributed by atoms with E-state index in [0.717, 1.165) is 11.3 Å². The number of benzene rings is 1. The molecule has 0 radical (unpaired) electrons. The second-order valence-corrected chi connectivity index (χ2v) is 5.71. The van der Waals surface area contributed by atoms with Crippen LogP contribution < -0.4 is 10.6 Å². The van der Waals surface area contributed by atoms with E-state index in [9.17, 15) is 9.59 Å². The molecular weight excluding hydrogens is 288 g/mol. The van der Waals surface area contributed by atoms with Crippen LogP contribution in [-0.2, 0) is 0 Å². The van der Waals surface area contributed by atoms with Gasteiger partial charge in [0, 0.05) is 5.69 Å². The summed E-state index contributed by atoms with van der Waals surface area (Å²) in [7, 11) is 0. The topological polar surface area (TPSA) is 78.4 Å². The van der Waals surface area contributed by atoms with Gasteiger partial charge < -0.3 is 10.4 Å². The van der Waals surface area contributed by atoms with Crippen molar-refractivity contribution in [2.45, 2.75) is 19.8 Å². The summed E-state index contributed by atoms with van der Waals surface area (Å²) in [6.07, 6.45) is 0. The minimum atomic E-state index is -1.06. The number of thiophene rings is 1. The average molecular weight is 304 g/mol. The Morgan fingerprint density at radius 3 is 2.52 bits per heavy atom. The Balaban J connectivity index is 2.12. The van der Waals surface area contributed by atoms with Crippen molar-refractivity contribution < 1.29 is 14.7 Å². The van der Waals surface area contributed by atoms with Gasteiger partial charge in [0.2, 0.25) is 0 Å². The summed E-state index contributed by atoms with van der Waals surface area (Å²) in [6.45, 7) is 4.08. The fourth-order valence-corrected chi connectivity index (χ4v) is 2.72. The van der Waals surface area contributed by atoms with Crippen LogP contribution >= 0.6 is 11.3 Å². The lowest BCUT2D eigenvalue weighted by molar-refractivity contribution is 0.0698. The molecule has 2 rings (SSSR count). The van der Waals surface area contributed by atoms with E-state index in [0.29, 0.717) is 5.00 Å². The number of para-hydroxylation sites is 1. The number of carbonyl (C=O) groups is 2. The predicted octanol–water partition coefficient (Wildman–Crippen LogP) is 4.21. The van der Waals surface area contributed by atoms with Gasteiger partial charge in [-0.3, -0.25) is 5.32 Å². The number of amides is 2. The molecule has 110 valence electrons. The Labute approximate surface area is 126 Å². The summed E-state index contributed by atoms with van der Waals surface area (Å²) in [6, 6.07) is 8.54. The zero-order chi connectivity index (χ0) is 15.4. The number of urea groups is 1. The van der Waals surface area contributed by atoms with Gasteiger partial charge in [-0.25, -0.2) is 9.59 Å². The summed E-state index contributed by atoms with van der Waals surface area (Å²) in [5, 5.41) is 16.3. The quantitative estimate of drug-likeness (QED) is 0.791. The van der Waals surface area contributed by atoms with E-state index in [-0.39, 0.29) is 11.5 Å². The van der Waals surface area contributed by atoms with Gasteiger partial charge in [-0.2, -0.15) is 0 Å². The number of rotatable bonds is 4. The number of anilines is 2. The zero-order valence-corrected chi connectivity index (χ0v) is 12.5. The molecule has 0 fully saturated rings. The lowest BCUT2D eigenvalue weighted by Gasteiger charge is -2.14. The van der Waals surface area contributed by atoms with Crippen molar-refractivity contribution >= 4 is 34.0 Å². The molecule has 0 aliphatic carbocycles. The molecule has 0 unspecified atom stereocenters. The van der Waals surface area contributed by atoms with Gasteiger partial charge in [-0.15, -0.1) is 11.3 Å². The number of hydrogen-bond donors (Lipinski definition) is 3. The van der Waals surface area contributed by atoms with Crippen molar-refractivity contribution in [1.29, 1.82) is 0 Å². The molecule has 0 aliphatic rings. The molecule has 3 N–H and O–H groups in total. The minimum absolute atomic E-state index is 0.0901. The molecular formula is C15H16N2O3S. The molecule has 1 aromatic carbocycles. The van der Waals surface area contributed by atoms with Gasteiger partial charge in [-0.05, 0) is 29.0 Å². The number of nitrogens with one attached hydrogen (secondary N) is 2. The highest BCUT2D eigenvalue weighted by Crippen LogP contribution is 2.26. The highest BCUT2D eigenvalue weighted by molar-refractivity contribution is 7.14. The predicted molar refractivity (Wildman–Crippen MR) is 84.5 cm³/mol. The van der Waals surface area contributed by atoms with Gasteiger partial charge in [-0.1, -0.05) is 32.0 Å². The van der Waals surface area contributed by atoms with E-state index >= 15 is 0 Å². The summed E-state index contributed by atoms with van der Waals surface area (Å²) in [4.78, 5) is 23.0. The van der Waals surface area contributed by atoms with Crippen LogP contribution in [0.25, 0.3) is 0 Å². The third-order valence-corrected chi connectivity index (χ3v) is 3.78. The summed E-state index contributed by atoms with van der Waals surface area (Å²) >= 11 is 1.17. The summed E-state index contributed by atoms with van der Waals surface area (Å²) in [5.41, 5.74) is 1.84. The largest absolute Gasteiger partial charge is 0.478 e. The van der Waals surface area contributed by atoms with Crippen molar-refractivity contribution in [3.63, 3.8) is 0 Å². The zero-order valence-electron chi connectivity index (χ0n) is 11.7. The van der Waals surface area contributed by atoms with Gasteiger partial charge in [0.15, 0.2) is 0 Å². The van der Waals surface area contributed by atoms with E-state index in [1.54, 1.807) is 5.38 Å². The fourth-order valence-electron chi connectivity index (χ4n) is 1.95. The summed E-state index contributed by atoms with van der Waals surface area (Å²) in [5.74, 6) is -0.785. The smallest absolute Gasteiger partial charge is 0.338 e. The first kappa shape index (κ1) is 15.1. The number of carboxylic acid groups (broad SMARTS) is 1. The van der Waals surface area contributed by atoms with Crippen molar-refractivity contribution in [1.82, 2.24) is 0 Å². The molecule has 1 aromatic heterocycles. The second kappa shape index (κ2) is 6.41. The van der Waals surface area contributed by atoms with Gasteiger partial charge >= 0.3 is 12.0 Å². The Kier molecular flexibility index (Phi) is 4.59. The van der Waals surface area contributed by atoms with E-state index in [2.05, 4.69) is 10.6 Å². The third kappa shape index (κ3) is 3.61. The van der Waals surface area contributed by atoms with Crippen LogP contribution in [0.5, 0.6) is 0 Å². The molecule has 6 heteroatoms. The highest BCUT2D eigenvalue weighted by atomic mass is 32.1. The molecule has 2 amide bonds. The monoisotopic (exact) mass is 304 g/mol. The van der Waals surface area contributed by atoms with Crippen LogP contribution in [0.2, 0.25) is 0 Å². The molecule has 5 nitrogen and oxygen atoms in total. The standard InChI is InChI=1S/C15H16N2O3S/c1-9(2)10-5-3-4-6-12(10)16-15(20)17-13-11(14(18)19)7-8-21-13/h3-9H,1-2H3,(H,18,19)(H2,16,17,20). The molecule has 21 heavy (non-hydrogen) atoms. The van der Waals surface area contributed by atoms with Crippen LogP contribution in [0.3, 0.4) is 0 Å². The number of carbonyl (C=O) groups excluding carboxylic acids is 1. The van der Waals surface area contributed by atoms with E-state index < -0.39 is 12.0 Å². The van der Waals surface area contributed by atoms with Crippen LogP contribution in [0.1, 0.15) is 35.7 Å². The first-order valence-corrected chi connectivity index (χ1v) is 7.34. The van der Waals surface area contributed by atoms with Crippen molar-refractivity contribution in [2.75, 3.05) is 10.6 Å². The van der Waals surface area contributed by atoms with Crippen molar-refractivity contribution in [2.24, 2.45) is 0 Å². The second-order valence-electron chi connectivity index (χ2n) is 4.79. The van der Waals surface area contributed by atoms with Gasteiger partial charge in [0.05, 0.1) is 5.56 Å². The van der Waals surface area contributed by atoms with Crippen LogP contribution in [0.15, 0.2) is 35.7 Å². The van der Waals surface area contributed by atoms with E-state index in [4.69, 9.17) is 5.11 Å². The number of hydrogen-bond acceptors (Lipinski definition) is 3. The lowest BCUT2D eigenvalue weighted by atomic mass is 10.0. The molecule has 1 heterocycles. The van der Waals surface area contributed by atoms with E-state index in [1.807, 2.05) is 38.1 Å². The van der Waals surface area contributed by atoms with Crippen LogP contribution in [-0.4, -0.2) is 17.1 Å². The molecule has 0 saturated heterocycles. The highest BCUT2D eigenvalue weighted by Gasteiger charge is 2.15. The molecule has 2 aromatic rings. The molecule has 0 aliphatic heterocycles. The molecule has 0 saturated carbocycles. The first-order chi connectivity index (χ1) is 9.99. The molecule has 0 atom stereocenters. The maximum absolute atomic E-state index is 12.0. The Hall–Kier alpha value is -2.34.